The van der Waals surface area contributed by atoms with Gasteiger partial charge < -0.3 is 5.11 Å². The highest BCUT2D eigenvalue weighted by Crippen LogP contribution is 2.37. The van der Waals surface area contributed by atoms with Crippen molar-refractivity contribution in [2.24, 2.45) is 0 Å². The standard InChI is InChI=1S/C13H9BrF4OS/c1-6-9(14)5-11(20-6)12(19)8-4-7(13(16,17)18)2-3-10(8)15/h2-5,12,19H,1H3. The summed E-state index contributed by atoms with van der Waals surface area (Å²) in [7, 11) is 0. The molecule has 1 aromatic carbocycles. The summed E-state index contributed by atoms with van der Waals surface area (Å²) < 4.78 is 52.3. The molecule has 20 heavy (non-hydrogen) atoms. The van der Waals surface area contributed by atoms with Crippen LogP contribution in [0.2, 0.25) is 0 Å². The predicted molar refractivity (Wildman–Crippen MR) is 72.2 cm³/mol. The van der Waals surface area contributed by atoms with Crippen molar-refractivity contribution in [3.8, 4) is 0 Å². The Labute approximate surface area is 125 Å². The average Bonchev–Trinajstić information content (AvgIpc) is 2.68. The SMILES string of the molecule is Cc1sc(C(O)c2cc(C(F)(F)F)ccc2F)cc1Br. The molecule has 2 aromatic rings. The third-order valence-electron chi connectivity index (χ3n) is 2.76. The molecule has 1 atom stereocenters. The van der Waals surface area contributed by atoms with Gasteiger partial charge in [0.1, 0.15) is 11.9 Å². The molecular weight excluding hydrogens is 360 g/mol. The van der Waals surface area contributed by atoms with Gasteiger partial charge in [0, 0.05) is 19.8 Å². The topological polar surface area (TPSA) is 20.2 Å². The number of hydrogen-bond donors (Lipinski definition) is 1. The van der Waals surface area contributed by atoms with Crippen molar-refractivity contribution in [3.63, 3.8) is 0 Å². The lowest BCUT2D eigenvalue weighted by molar-refractivity contribution is -0.137. The Hall–Kier alpha value is -0.920. The Morgan fingerprint density at radius 3 is 2.40 bits per heavy atom. The maximum Gasteiger partial charge on any atom is 0.416 e. The van der Waals surface area contributed by atoms with Crippen molar-refractivity contribution in [2.45, 2.75) is 19.2 Å². The molecule has 0 aliphatic rings. The van der Waals surface area contributed by atoms with Gasteiger partial charge in [-0.2, -0.15) is 13.2 Å². The van der Waals surface area contributed by atoms with Crippen molar-refractivity contribution in [1.29, 1.82) is 0 Å². The highest BCUT2D eigenvalue weighted by Gasteiger charge is 2.32. The number of benzene rings is 1. The normalized spacial score (nSPS) is 13.6. The second-order valence-electron chi connectivity index (χ2n) is 4.19. The minimum absolute atomic E-state index is 0.381. The first-order chi connectivity index (χ1) is 9.20. The number of aryl methyl sites for hydroxylation is 1. The first-order valence-electron chi connectivity index (χ1n) is 5.50. The van der Waals surface area contributed by atoms with Crippen LogP contribution in [0, 0.1) is 12.7 Å². The molecule has 1 N–H and O–H groups in total. The van der Waals surface area contributed by atoms with E-state index in [1.54, 1.807) is 13.0 Å². The van der Waals surface area contributed by atoms with Gasteiger partial charge in [0.15, 0.2) is 0 Å². The van der Waals surface area contributed by atoms with Crippen LogP contribution in [0.3, 0.4) is 0 Å². The second-order valence-corrected chi connectivity index (χ2v) is 6.33. The summed E-state index contributed by atoms with van der Waals surface area (Å²) in [6.45, 7) is 1.79. The monoisotopic (exact) mass is 368 g/mol. The maximum atomic E-state index is 13.7. The quantitative estimate of drug-likeness (QED) is 0.734. The van der Waals surface area contributed by atoms with Crippen molar-refractivity contribution < 1.29 is 22.7 Å². The zero-order valence-electron chi connectivity index (χ0n) is 10.1. The lowest BCUT2D eigenvalue weighted by atomic mass is 10.0. The van der Waals surface area contributed by atoms with Crippen LogP contribution in [0.5, 0.6) is 0 Å². The molecular formula is C13H9BrF4OS. The van der Waals surface area contributed by atoms with Gasteiger partial charge in [-0.3, -0.25) is 0 Å². The largest absolute Gasteiger partial charge is 0.416 e. The van der Waals surface area contributed by atoms with Gasteiger partial charge in [-0.25, -0.2) is 4.39 Å². The summed E-state index contributed by atoms with van der Waals surface area (Å²) in [5.41, 5.74) is -1.37. The number of aliphatic hydroxyl groups excluding tert-OH is 1. The molecule has 0 radical (unpaired) electrons. The lowest BCUT2D eigenvalue weighted by Crippen LogP contribution is -2.08. The first-order valence-corrected chi connectivity index (χ1v) is 7.11. The molecule has 2 rings (SSSR count). The van der Waals surface area contributed by atoms with Crippen LogP contribution in [0.25, 0.3) is 0 Å². The molecule has 1 nitrogen and oxygen atoms in total. The molecule has 0 aliphatic carbocycles. The molecule has 0 amide bonds. The van der Waals surface area contributed by atoms with Crippen molar-refractivity contribution >= 4 is 27.3 Å². The summed E-state index contributed by atoms with van der Waals surface area (Å²) in [5.74, 6) is -0.868. The van der Waals surface area contributed by atoms with Gasteiger partial charge >= 0.3 is 6.18 Å². The van der Waals surface area contributed by atoms with E-state index in [4.69, 9.17) is 0 Å². The van der Waals surface area contributed by atoms with Crippen LogP contribution < -0.4 is 0 Å². The van der Waals surface area contributed by atoms with Crippen molar-refractivity contribution in [2.75, 3.05) is 0 Å². The Bertz CT molecular complexity index is 616. The molecule has 0 spiro atoms. The van der Waals surface area contributed by atoms with E-state index < -0.39 is 23.7 Å². The Balaban J connectivity index is 2.46. The summed E-state index contributed by atoms with van der Waals surface area (Å²) in [4.78, 5) is 1.24. The van der Waals surface area contributed by atoms with Crippen LogP contribution in [-0.4, -0.2) is 5.11 Å². The minimum atomic E-state index is -4.58. The van der Waals surface area contributed by atoms with E-state index in [0.717, 1.165) is 15.4 Å². The fourth-order valence-electron chi connectivity index (χ4n) is 1.70. The smallest absolute Gasteiger partial charge is 0.383 e. The summed E-state index contributed by atoms with van der Waals surface area (Å²) in [5, 5.41) is 10.1. The molecule has 0 saturated carbocycles. The van der Waals surface area contributed by atoms with E-state index in [0.29, 0.717) is 17.0 Å². The summed E-state index contributed by atoms with van der Waals surface area (Å²) in [6.07, 6.45) is -6.00. The number of halogens is 5. The highest BCUT2D eigenvalue weighted by atomic mass is 79.9. The highest BCUT2D eigenvalue weighted by molar-refractivity contribution is 9.10. The van der Waals surface area contributed by atoms with Gasteiger partial charge in [0.25, 0.3) is 0 Å². The van der Waals surface area contributed by atoms with Crippen LogP contribution in [0.1, 0.15) is 27.0 Å². The number of rotatable bonds is 2. The molecule has 108 valence electrons. The van der Waals surface area contributed by atoms with E-state index >= 15 is 0 Å². The van der Waals surface area contributed by atoms with Crippen molar-refractivity contribution in [3.05, 3.63) is 55.4 Å². The fourth-order valence-corrected chi connectivity index (χ4v) is 3.27. The Kier molecular flexibility index (Phi) is 4.22. The van der Waals surface area contributed by atoms with Gasteiger partial charge in [-0.05, 0) is 47.1 Å². The van der Waals surface area contributed by atoms with Crippen molar-refractivity contribution in [1.82, 2.24) is 0 Å². The van der Waals surface area contributed by atoms with Gasteiger partial charge in [0.2, 0.25) is 0 Å². The molecule has 7 heteroatoms. The summed E-state index contributed by atoms with van der Waals surface area (Å²) >= 11 is 4.44. The molecule has 1 unspecified atom stereocenters. The molecule has 1 aromatic heterocycles. The van der Waals surface area contributed by atoms with E-state index in [2.05, 4.69) is 15.9 Å². The predicted octanol–water partition coefficient (Wildman–Crippen LogP) is 5.06. The molecule has 0 aliphatic heterocycles. The van der Waals surface area contributed by atoms with E-state index in [9.17, 15) is 22.7 Å². The molecule has 1 heterocycles. The van der Waals surface area contributed by atoms with Crippen LogP contribution in [-0.2, 0) is 6.18 Å². The number of thiophene rings is 1. The number of hydrogen-bond acceptors (Lipinski definition) is 2. The molecule has 0 fully saturated rings. The van der Waals surface area contributed by atoms with E-state index in [-0.39, 0.29) is 5.56 Å². The number of aliphatic hydroxyl groups is 1. The maximum absolute atomic E-state index is 13.7. The van der Waals surface area contributed by atoms with Gasteiger partial charge in [-0.15, -0.1) is 11.3 Å². The zero-order chi connectivity index (χ0) is 15.1. The van der Waals surface area contributed by atoms with E-state index in [1.807, 2.05) is 0 Å². The minimum Gasteiger partial charge on any atom is -0.383 e. The van der Waals surface area contributed by atoms with Crippen LogP contribution >= 0.6 is 27.3 Å². The van der Waals surface area contributed by atoms with E-state index in [1.165, 1.54) is 11.3 Å². The lowest BCUT2D eigenvalue weighted by Gasteiger charge is -2.13. The van der Waals surface area contributed by atoms with Gasteiger partial charge in [-0.1, -0.05) is 0 Å². The average molecular weight is 369 g/mol. The first kappa shape index (κ1) is 15.5. The fraction of sp³-hybridized carbons (Fsp3) is 0.231. The Morgan fingerprint density at radius 2 is 1.90 bits per heavy atom. The van der Waals surface area contributed by atoms with Crippen LogP contribution in [0.15, 0.2) is 28.7 Å². The number of alkyl halides is 3. The molecule has 0 saturated heterocycles. The second kappa shape index (κ2) is 5.46. The summed E-state index contributed by atoms with van der Waals surface area (Å²) in [6, 6.07) is 3.59. The zero-order valence-corrected chi connectivity index (χ0v) is 12.5. The van der Waals surface area contributed by atoms with Gasteiger partial charge in [0.05, 0.1) is 5.56 Å². The Morgan fingerprint density at radius 1 is 1.25 bits per heavy atom. The third-order valence-corrected chi connectivity index (χ3v) is 4.95. The van der Waals surface area contributed by atoms with Crippen LogP contribution in [0.4, 0.5) is 17.6 Å². The molecule has 0 bridgehead atoms. The third kappa shape index (κ3) is 3.05.